The molecule has 0 aliphatic rings. The minimum atomic E-state index is -0.568. The van der Waals surface area contributed by atoms with Crippen LogP contribution in [0.2, 0.25) is 5.02 Å². The smallest absolute Gasteiger partial charge is 0.337 e. The monoisotopic (exact) mass is 485 g/mol. The predicted molar refractivity (Wildman–Crippen MR) is 123 cm³/mol. The van der Waals surface area contributed by atoms with Gasteiger partial charge < -0.3 is 14.1 Å². The number of carbonyl (C=O) groups is 1. The molecule has 0 aliphatic heterocycles. The van der Waals surface area contributed by atoms with Crippen LogP contribution >= 0.6 is 23.2 Å². The molecule has 166 valence electrons. The molecule has 0 saturated carbocycles. The van der Waals surface area contributed by atoms with Crippen LogP contribution in [0, 0.1) is 10.1 Å². The molecule has 0 fully saturated rings. The number of hydrogen-bond acceptors (Lipinski definition) is 7. The zero-order chi connectivity index (χ0) is 23.7. The summed E-state index contributed by atoms with van der Waals surface area (Å²) in [5.74, 6) is -0.0183. The lowest BCUT2D eigenvalue weighted by atomic mass is 10.1. The van der Waals surface area contributed by atoms with Crippen LogP contribution in [0.15, 0.2) is 57.7 Å². The highest BCUT2D eigenvalue weighted by molar-refractivity contribution is 6.50. The van der Waals surface area contributed by atoms with Crippen LogP contribution in [-0.2, 0) is 4.74 Å². The second-order valence-corrected chi connectivity index (χ2v) is 7.59. The molecule has 0 unspecified atom stereocenters. The van der Waals surface area contributed by atoms with Crippen LogP contribution in [0.4, 0.5) is 5.69 Å². The Morgan fingerprint density at radius 3 is 2.73 bits per heavy atom. The Morgan fingerprint density at radius 1 is 1.21 bits per heavy atom. The Kier molecular flexibility index (Phi) is 5.99. The van der Waals surface area contributed by atoms with Crippen LogP contribution < -0.4 is 5.56 Å². The van der Waals surface area contributed by atoms with Crippen LogP contribution in [0.25, 0.3) is 33.3 Å². The Balaban J connectivity index is 1.72. The van der Waals surface area contributed by atoms with E-state index in [-0.39, 0.29) is 55.1 Å². The van der Waals surface area contributed by atoms with E-state index in [2.05, 4.69) is 14.7 Å². The van der Waals surface area contributed by atoms with Gasteiger partial charge in [-0.2, -0.15) is 0 Å². The van der Waals surface area contributed by atoms with Gasteiger partial charge in [0.25, 0.3) is 11.2 Å². The van der Waals surface area contributed by atoms with Crippen molar-refractivity contribution in [1.29, 1.82) is 0 Å². The third-order valence-corrected chi connectivity index (χ3v) is 5.19. The minimum absolute atomic E-state index is 0.0453. The Morgan fingerprint density at radius 2 is 2.00 bits per heavy atom. The topological polar surface area (TPSA) is 128 Å². The highest BCUT2D eigenvalue weighted by atomic mass is 35.5. The number of ether oxygens (including phenoxy) is 1. The van der Waals surface area contributed by atoms with Gasteiger partial charge in [0.05, 0.1) is 39.1 Å². The predicted octanol–water partition coefficient (Wildman–Crippen LogP) is 5.27. The quantitative estimate of drug-likeness (QED) is 0.231. The van der Waals surface area contributed by atoms with E-state index in [4.69, 9.17) is 27.6 Å². The van der Waals surface area contributed by atoms with E-state index >= 15 is 0 Å². The number of hydrogen-bond donors (Lipinski definition) is 1. The average molecular weight is 486 g/mol. The number of nitro groups is 1. The van der Waals surface area contributed by atoms with Gasteiger partial charge in [-0.3, -0.25) is 14.9 Å². The molecule has 1 N–H and O–H groups in total. The average Bonchev–Trinajstić information content (AvgIpc) is 3.26. The van der Waals surface area contributed by atoms with Gasteiger partial charge in [0.2, 0.25) is 0 Å². The van der Waals surface area contributed by atoms with Crippen molar-refractivity contribution >= 4 is 56.9 Å². The molecule has 2 aromatic heterocycles. The maximum Gasteiger partial charge on any atom is 0.337 e. The van der Waals surface area contributed by atoms with Crippen molar-refractivity contribution in [2.24, 2.45) is 0 Å². The van der Waals surface area contributed by atoms with Crippen LogP contribution in [0.3, 0.4) is 0 Å². The lowest BCUT2D eigenvalue weighted by Gasteiger charge is -2.04. The number of nitro benzene ring substituents is 1. The first-order valence-electron chi connectivity index (χ1n) is 9.31. The SMILES string of the molecule is COC(=O)c1ccc2c(=O)[nH]c(/C(Cl)=C/c3ccc(-c4ccc(Cl)cc4[N+](=O)[O-])o3)nc2c1. The van der Waals surface area contributed by atoms with Crippen molar-refractivity contribution in [3.8, 4) is 11.3 Å². The van der Waals surface area contributed by atoms with E-state index in [0.717, 1.165) is 0 Å². The number of fused-ring (bicyclic) bond motifs is 1. The highest BCUT2D eigenvalue weighted by Gasteiger charge is 2.19. The molecule has 4 rings (SSSR count). The lowest BCUT2D eigenvalue weighted by molar-refractivity contribution is -0.384. The summed E-state index contributed by atoms with van der Waals surface area (Å²) < 4.78 is 10.4. The molecule has 0 radical (unpaired) electrons. The van der Waals surface area contributed by atoms with Gasteiger partial charge in [0, 0.05) is 17.2 Å². The molecule has 11 heteroatoms. The number of nitrogens with zero attached hydrogens (tertiary/aromatic N) is 2. The molecule has 0 saturated heterocycles. The molecule has 0 atom stereocenters. The van der Waals surface area contributed by atoms with Crippen molar-refractivity contribution in [3.05, 3.63) is 91.2 Å². The van der Waals surface area contributed by atoms with Crippen LogP contribution in [0.1, 0.15) is 21.9 Å². The standard InChI is InChI=1S/C22H13Cl2N3O6/c1-32-22(29)11-2-5-14-17(8-11)25-20(26-21(14)28)16(24)10-13-4-7-19(33-13)15-6-3-12(23)9-18(15)27(30)31/h2-10H,1H3,(H,25,26,28)/b16-10-. The molecular formula is C22H13Cl2N3O6. The first-order chi connectivity index (χ1) is 15.8. The van der Waals surface area contributed by atoms with Crippen molar-refractivity contribution < 1.29 is 18.9 Å². The van der Waals surface area contributed by atoms with E-state index < -0.39 is 16.5 Å². The summed E-state index contributed by atoms with van der Waals surface area (Å²) in [6.07, 6.45) is 1.40. The number of nitrogens with one attached hydrogen (secondary N) is 1. The van der Waals surface area contributed by atoms with Crippen molar-refractivity contribution in [2.75, 3.05) is 7.11 Å². The number of esters is 1. The van der Waals surface area contributed by atoms with Gasteiger partial charge in [-0.15, -0.1) is 0 Å². The molecule has 0 bridgehead atoms. The number of carbonyl (C=O) groups excluding carboxylic acids is 1. The Hall–Kier alpha value is -3.95. The van der Waals surface area contributed by atoms with Crippen molar-refractivity contribution in [1.82, 2.24) is 9.97 Å². The zero-order valence-electron chi connectivity index (χ0n) is 16.8. The van der Waals surface area contributed by atoms with Gasteiger partial charge in [0.1, 0.15) is 11.5 Å². The third-order valence-electron chi connectivity index (χ3n) is 4.67. The first-order valence-corrected chi connectivity index (χ1v) is 10.1. The highest BCUT2D eigenvalue weighted by Crippen LogP contribution is 2.34. The van der Waals surface area contributed by atoms with E-state index in [1.807, 2.05) is 0 Å². The summed E-state index contributed by atoms with van der Waals surface area (Å²) >= 11 is 12.2. The van der Waals surface area contributed by atoms with Crippen molar-refractivity contribution in [3.63, 3.8) is 0 Å². The van der Waals surface area contributed by atoms with Crippen molar-refractivity contribution in [2.45, 2.75) is 0 Å². The number of halogens is 2. The lowest BCUT2D eigenvalue weighted by Crippen LogP contribution is -2.11. The molecule has 2 heterocycles. The van der Waals surface area contributed by atoms with E-state index in [0.29, 0.717) is 0 Å². The fraction of sp³-hybridized carbons (Fsp3) is 0.0455. The second kappa shape index (κ2) is 8.89. The summed E-state index contributed by atoms with van der Waals surface area (Å²) in [7, 11) is 1.25. The molecule has 0 amide bonds. The van der Waals surface area contributed by atoms with Gasteiger partial charge in [0.15, 0.2) is 5.82 Å². The van der Waals surface area contributed by atoms with Gasteiger partial charge in [-0.05, 0) is 42.5 Å². The Labute approximate surface area is 195 Å². The van der Waals surface area contributed by atoms with Gasteiger partial charge in [-0.25, -0.2) is 9.78 Å². The fourth-order valence-corrected chi connectivity index (χ4v) is 3.49. The summed E-state index contributed by atoms with van der Waals surface area (Å²) in [6, 6.07) is 11.7. The number of rotatable bonds is 5. The van der Waals surface area contributed by atoms with Gasteiger partial charge in [-0.1, -0.05) is 23.2 Å². The summed E-state index contributed by atoms with van der Waals surface area (Å²) in [5, 5.41) is 11.9. The summed E-state index contributed by atoms with van der Waals surface area (Å²) in [5.41, 5.74) is 0.0672. The summed E-state index contributed by atoms with van der Waals surface area (Å²) in [6.45, 7) is 0. The normalized spacial score (nSPS) is 11.5. The number of aromatic amines is 1. The van der Waals surface area contributed by atoms with E-state index in [9.17, 15) is 19.7 Å². The molecule has 0 aliphatic carbocycles. The third kappa shape index (κ3) is 4.50. The molecular weight excluding hydrogens is 473 g/mol. The number of furan rings is 1. The second-order valence-electron chi connectivity index (χ2n) is 6.75. The number of benzene rings is 2. The minimum Gasteiger partial charge on any atom is -0.465 e. The number of aromatic nitrogens is 2. The van der Waals surface area contributed by atoms with E-state index in [1.54, 1.807) is 12.1 Å². The van der Waals surface area contributed by atoms with E-state index in [1.165, 1.54) is 49.6 Å². The molecule has 2 aromatic carbocycles. The molecule has 0 spiro atoms. The number of methoxy groups -OCH3 is 1. The molecule has 33 heavy (non-hydrogen) atoms. The maximum absolute atomic E-state index is 12.4. The molecule has 9 nitrogen and oxygen atoms in total. The number of H-pyrrole nitrogens is 1. The van der Waals surface area contributed by atoms with Crippen LogP contribution in [-0.4, -0.2) is 28.0 Å². The zero-order valence-corrected chi connectivity index (χ0v) is 18.3. The molecule has 4 aromatic rings. The maximum atomic E-state index is 12.4. The van der Waals surface area contributed by atoms with Crippen LogP contribution in [0.5, 0.6) is 0 Å². The Bertz CT molecular complexity index is 1510. The largest absolute Gasteiger partial charge is 0.465 e. The summed E-state index contributed by atoms with van der Waals surface area (Å²) in [4.78, 5) is 41.9. The first kappa shape index (κ1) is 22.3. The van der Waals surface area contributed by atoms with Gasteiger partial charge >= 0.3 is 5.97 Å². The fourth-order valence-electron chi connectivity index (χ4n) is 3.13.